The predicted molar refractivity (Wildman–Crippen MR) is 80.6 cm³/mol. The van der Waals surface area contributed by atoms with E-state index in [9.17, 15) is 8.42 Å². The number of aliphatic hydroxyl groups is 1. The monoisotopic (exact) mass is 315 g/mol. The van der Waals surface area contributed by atoms with E-state index >= 15 is 0 Å². The quantitative estimate of drug-likeness (QED) is 0.862. The van der Waals surface area contributed by atoms with E-state index in [1.54, 1.807) is 22.8 Å². The van der Waals surface area contributed by atoms with Gasteiger partial charge in [-0.1, -0.05) is 6.92 Å². The van der Waals surface area contributed by atoms with Gasteiger partial charge in [0.25, 0.3) is 0 Å². The van der Waals surface area contributed by atoms with Crippen molar-refractivity contribution in [1.29, 1.82) is 0 Å². The predicted octanol–water partition coefficient (Wildman–Crippen LogP) is 1.45. The van der Waals surface area contributed by atoms with Crippen LogP contribution in [0.15, 0.2) is 4.90 Å². The third-order valence-corrected chi connectivity index (χ3v) is 6.41. The molecule has 1 unspecified atom stereocenters. The minimum absolute atomic E-state index is 0.0739. The summed E-state index contributed by atoms with van der Waals surface area (Å²) in [6.07, 6.45) is 3.28. The Hall–Kier alpha value is -0.920. The third kappa shape index (κ3) is 3.00. The van der Waals surface area contributed by atoms with E-state index in [-0.39, 0.29) is 12.6 Å². The van der Waals surface area contributed by atoms with Gasteiger partial charge in [0, 0.05) is 25.7 Å². The average molecular weight is 315 g/mol. The molecule has 0 radical (unpaired) electrons. The third-order valence-electron chi connectivity index (χ3n) is 4.20. The standard InChI is InChI=1S/C14H25N3O3S/c1-4-13-7-5-9-17(13)21(19,20)14-11(2)15-16(12(14)3)8-6-10-18/h13,18H,4-10H2,1-3H3. The number of sulfonamides is 1. The van der Waals surface area contributed by atoms with E-state index in [1.165, 1.54) is 0 Å². The summed E-state index contributed by atoms with van der Waals surface area (Å²) in [5, 5.41) is 13.3. The van der Waals surface area contributed by atoms with Crippen molar-refractivity contribution >= 4 is 10.0 Å². The Morgan fingerprint density at radius 1 is 1.38 bits per heavy atom. The van der Waals surface area contributed by atoms with E-state index in [0.717, 1.165) is 19.3 Å². The summed E-state index contributed by atoms with van der Waals surface area (Å²) in [5.41, 5.74) is 1.22. The summed E-state index contributed by atoms with van der Waals surface area (Å²) in [6, 6.07) is 0.106. The van der Waals surface area contributed by atoms with Gasteiger partial charge in [0.15, 0.2) is 0 Å². The minimum atomic E-state index is -3.48. The van der Waals surface area contributed by atoms with Gasteiger partial charge in [-0.2, -0.15) is 9.40 Å². The van der Waals surface area contributed by atoms with Crippen LogP contribution in [0.2, 0.25) is 0 Å². The molecule has 2 heterocycles. The van der Waals surface area contributed by atoms with Crippen LogP contribution in [0, 0.1) is 13.8 Å². The van der Waals surface area contributed by atoms with Crippen LogP contribution in [0.4, 0.5) is 0 Å². The fourth-order valence-electron chi connectivity index (χ4n) is 3.14. The van der Waals surface area contributed by atoms with Crippen molar-refractivity contribution < 1.29 is 13.5 Å². The molecule has 1 aromatic rings. The van der Waals surface area contributed by atoms with Crippen LogP contribution < -0.4 is 0 Å². The molecule has 1 saturated heterocycles. The molecule has 120 valence electrons. The molecular formula is C14H25N3O3S. The highest BCUT2D eigenvalue weighted by Crippen LogP contribution is 2.30. The lowest BCUT2D eigenvalue weighted by Crippen LogP contribution is -2.35. The van der Waals surface area contributed by atoms with E-state index in [0.29, 0.717) is 35.8 Å². The second-order valence-corrected chi connectivity index (χ2v) is 7.45. The number of nitrogens with zero attached hydrogens (tertiary/aromatic N) is 3. The van der Waals surface area contributed by atoms with Crippen LogP contribution in [0.5, 0.6) is 0 Å². The normalized spacial score (nSPS) is 20.3. The van der Waals surface area contributed by atoms with E-state index < -0.39 is 10.0 Å². The molecule has 1 aliphatic rings. The molecule has 0 saturated carbocycles. The van der Waals surface area contributed by atoms with Gasteiger partial charge < -0.3 is 5.11 Å². The van der Waals surface area contributed by atoms with Crippen LogP contribution in [-0.4, -0.2) is 46.8 Å². The second kappa shape index (κ2) is 6.46. The van der Waals surface area contributed by atoms with Crippen LogP contribution in [0.1, 0.15) is 44.0 Å². The van der Waals surface area contributed by atoms with Crippen molar-refractivity contribution in [3.63, 3.8) is 0 Å². The SMILES string of the molecule is CCC1CCCN1S(=O)(=O)c1c(C)nn(CCCO)c1C. The highest BCUT2D eigenvalue weighted by atomic mass is 32.2. The van der Waals surface area contributed by atoms with Gasteiger partial charge in [0.05, 0.1) is 11.4 Å². The Morgan fingerprint density at radius 2 is 2.10 bits per heavy atom. The van der Waals surface area contributed by atoms with Crippen molar-refractivity contribution in [3.05, 3.63) is 11.4 Å². The van der Waals surface area contributed by atoms with Crippen LogP contribution in [-0.2, 0) is 16.6 Å². The largest absolute Gasteiger partial charge is 0.396 e. The summed E-state index contributed by atoms with van der Waals surface area (Å²) in [6.45, 7) is 6.78. The number of aliphatic hydroxyl groups excluding tert-OH is 1. The summed E-state index contributed by atoms with van der Waals surface area (Å²) < 4.78 is 29.2. The molecule has 1 atom stereocenters. The molecule has 0 aromatic carbocycles. The maximum atomic E-state index is 13.0. The van der Waals surface area contributed by atoms with Crippen molar-refractivity contribution in [2.45, 2.75) is 63.9 Å². The van der Waals surface area contributed by atoms with E-state index in [1.807, 2.05) is 6.92 Å². The zero-order valence-corrected chi connectivity index (χ0v) is 13.9. The Bertz CT molecular complexity index is 595. The van der Waals surface area contributed by atoms with E-state index in [4.69, 9.17) is 5.11 Å². The highest BCUT2D eigenvalue weighted by molar-refractivity contribution is 7.89. The second-order valence-electron chi connectivity index (χ2n) is 5.62. The molecule has 0 amide bonds. The molecule has 0 spiro atoms. The summed E-state index contributed by atoms with van der Waals surface area (Å²) in [4.78, 5) is 0.348. The van der Waals surface area contributed by atoms with Gasteiger partial charge in [-0.25, -0.2) is 8.42 Å². The van der Waals surface area contributed by atoms with E-state index in [2.05, 4.69) is 5.10 Å². The highest BCUT2D eigenvalue weighted by Gasteiger charge is 2.37. The molecule has 0 bridgehead atoms. The fourth-order valence-corrected chi connectivity index (χ4v) is 5.29. The lowest BCUT2D eigenvalue weighted by Gasteiger charge is -2.23. The minimum Gasteiger partial charge on any atom is -0.396 e. The maximum Gasteiger partial charge on any atom is 0.246 e. The fraction of sp³-hybridized carbons (Fsp3) is 0.786. The summed E-state index contributed by atoms with van der Waals surface area (Å²) in [7, 11) is -3.48. The van der Waals surface area contributed by atoms with Crippen molar-refractivity contribution in [2.24, 2.45) is 0 Å². The summed E-state index contributed by atoms with van der Waals surface area (Å²) in [5.74, 6) is 0. The zero-order valence-electron chi connectivity index (χ0n) is 13.0. The Kier molecular flexibility index (Phi) is 5.06. The molecule has 1 aliphatic heterocycles. The average Bonchev–Trinajstić information content (AvgIpc) is 3.01. The van der Waals surface area contributed by atoms with Gasteiger partial charge in [-0.05, 0) is 39.5 Å². The smallest absolute Gasteiger partial charge is 0.246 e. The first-order valence-corrected chi connectivity index (χ1v) is 9.04. The molecule has 7 heteroatoms. The Labute approximate surface area is 126 Å². The van der Waals surface area contributed by atoms with Gasteiger partial charge in [0.1, 0.15) is 4.90 Å². The number of rotatable bonds is 6. The number of hydrogen-bond acceptors (Lipinski definition) is 4. The maximum absolute atomic E-state index is 13.0. The molecule has 1 fully saturated rings. The molecule has 1 aromatic heterocycles. The van der Waals surface area contributed by atoms with Gasteiger partial charge in [-0.3, -0.25) is 4.68 Å². The Balaban J connectivity index is 2.38. The first kappa shape index (κ1) is 16.5. The molecule has 2 rings (SSSR count). The first-order valence-electron chi connectivity index (χ1n) is 7.60. The van der Waals surface area contributed by atoms with Crippen molar-refractivity contribution in [2.75, 3.05) is 13.2 Å². The molecule has 6 nitrogen and oxygen atoms in total. The van der Waals surface area contributed by atoms with Crippen LogP contribution >= 0.6 is 0 Å². The van der Waals surface area contributed by atoms with Crippen molar-refractivity contribution in [1.82, 2.24) is 14.1 Å². The lowest BCUT2D eigenvalue weighted by atomic mass is 10.2. The van der Waals surface area contributed by atoms with Gasteiger partial charge in [0.2, 0.25) is 10.0 Å². The van der Waals surface area contributed by atoms with Crippen molar-refractivity contribution in [3.8, 4) is 0 Å². The number of aryl methyl sites for hydroxylation is 2. The number of hydrogen-bond donors (Lipinski definition) is 1. The van der Waals surface area contributed by atoms with Gasteiger partial charge in [-0.15, -0.1) is 0 Å². The zero-order chi connectivity index (χ0) is 15.6. The van der Waals surface area contributed by atoms with Gasteiger partial charge >= 0.3 is 0 Å². The van der Waals surface area contributed by atoms with Crippen LogP contribution in [0.25, 0.3) is 0 Å². The molecular weight excluding hydrogens is 290 g/mol. The molecule has 0 aliphatic carbocycles. The lowest BCUT2D eigenvalue weighted by molar-refractivity contribution is 0.276. The molecule has 21 heavy (non-hydrogen) atoms. The molecule has 1 N–H and O–H groups in total. The number of aromatic nitrogens is 2. The first-order chi connectivity index (χ1) is 9.93. The Morgan fingerprint density at radius 3 is 2.71 bits per heavy atom. The topological polar surface area (TPSA) is 75.4 Å². The van der Waals surface area contributed by atoms with Crippen LogP contribution in [0.3, 0.4) is 0 Å². The summed E-state index contributed by atoms with van der Waals surface area (Å²) >= 11 is 0.